The number of hydrogen-bond donors (Lipinski definition) is 1. The van der Waals surface area contributed by atoms with E-state index < -0.39 is 0 Å². The Kier molecular flexibility index (Phi) is 3.78. The van der Waals surface area contributed by atoms with Crippen LogP contribution in [0.25, 0.3) is 0 Å². The summed E-state index contributed by atoms with van der Waals surface area (Å²) in [7, 11) is 1.99. The van der Waals surface area contributed by atoms with Gasteiger partial charge in [-0.2, -0.15) is 0 Å². The van der Waals surface area contributed by atoms with Gasteiger partial charge >= 0.3 is 0 Å². The van der Waals surface area contributed by atoms with E-state index in [9.17, 15) is 0 Å². The highest BCUT2D eigenvalue weighted by atomic mass is 35.5. The van der Waals surface area contributed by atoms with Crippen molar-refractivity contribution in [3.05, 3.63) is 33.8 Å². The van der Waals surface area contributed by atoms with Crippen LogP contribution in [0.1, 0.15) is 31.4 Å². The van der Waals surface area contributed by atoms with Crippen molar-refractivity contribution in [1.29, 1.82) is 0 Å². The van der Waals surface area contributed by atoms with E-state index >= 15 is 0 Å². The smallest absolute Gasteiger partial charge is 0.0454 e. The van der Waals surface area contributed by atoms with Gasteiger partial charge in [-0.05, 0) is 55.5 Å². The van der Waals surface area contributed by atoms with E-state index in [2.05, 4.69) is 12.2 Å². The summed E-state index contributed by atoms with van der Waals surface area (Å²) in [6.07, 6.45) is 2.69. The molecule has 1 aliphatic carbocycles. The van der Waals surface area contributed by atoms with Crippen LogP contribution in [0, 0.1) is 11.8 Å². The van der Waals surface area contributed by atoms with Gasteiger partial charge in [-0.3, -0.25) is 0 Å². The molecule has 0 heterocycles. The van der Waals surface area contributed by atoms with Crippen LogP contribution in [0.2, 0.25) is 10.0 Å². The minimum atomic E-state index is 0.304. The van der Waals surface area contributed by atoms with E-state index in [1.165, 1.54) is 12.8 Å². The van der Waals surface area contributed by atoms with Crippen LogP contribution in [0.4, 0.5) is 0 Å². The van der Waals surface area contributed by atoms with Gasteiger partial charge in [0.05, 0.1) is 0 Å². The van der Waals surface area contributed by atoms with Crippen LogP contribution in [0.5, 0.6) is 0 Å². The maximum absolute atomic E-state index is 6.24. The molecular formula is C13H17Cl2N. The van der Waals surface area contributed by atoms with Crippen LogP contribution in [0.15, 0.2) is 18.2 Å². The summed E-state index contributed by atoms with van der Waals surface area (Å²) in [5.74, 6) is 1.45. The lowest BCUT2D eigenvalue weighted by Crippen LogP contribution is -2.25. The standard InChI is InChI=1S/C13H17Cl2N/c1-8(9-3-4-9)13(16-2)11-7-10(14)5-6-12(11)15/h5-9,13,16H,3-4H2,1-2H3. The number of hydrogen-bond acceptors (Lipinski definition) is 1. The summed E-state index contributed by atoms with van der Waals surface area (Å²) in [4.78, 5) is 0. The van der Waals surface area contributed by atoms with Gasteiger partial charge in [-0.1, -0.05) is 30.1 Å². The summed E-state index contributed by atoms with van der Waals surface area (Å²) < 4.78 is 0. The van der Waals surface area contributed by atoms with Crippen LogP contribution >= 0.6 is 23.2 Å². The highest BCUT2D eigenvalue weighted by Crippen LogP contribution is 2.44. The number of nitrogens with one attached hydrogen (secondary N) is 1. The SMILES string of the molecule is CNC(c1cc(Cl)ccc1Cl)C(C)C1CC1. The van der Waals surface area contributed by atoms with Crippen molar-refractivity contribution in [2.45, 2.75) is 25.8 Å². The molecule has 2 rings (SSSR count). The molecule has 2 unspecified atom stereocenters. The van der Waals surface area contributed by atoms with Gasteiger partial charge in [-0.15, -0.1) is 0 Å². The Balaban J connectivity index is 2.27. The maximum atomic E-state index is 6.24. The van der Waals surface area contributed by atoms with E-state index in [4.69, 9.17) is 23.2 Å². The minimum absolute atomic E-state index is 0.304. The molecule has 0 spiro atoms. The molecule has 0 amide bonds. The largest absolute Gasteiger partial charge is 0.313 e. The molecule has 1 aromatic carbocycles. The number of rotatable bonds is 4. The molecule has 1 aromatic rings. The maximum Gasteiger partial charge on any atom is 0.0454 e. The minimum Gasteiger partial charge on any atom is -0.313 e. The third-order valence-electron chi connectivity index (χ3n) is 3.50. The fourth-order valence-electron chi connectivity index (χ4n) is 2.35. The highest BCUT2D eigenvalue weighted by Gasteiger charge is 2.34. The molecule has 2 atom stereocenters. The molecule has 16 heavy (non-hydrogen) atoms. The van der Waals surface area contributed by atoms with Gasteiger partial charge in [-0.25, -0.2) is 0 Å². The Hall–Kier alpha value is -0.240. The normalized spacial score (nSPS) is 19.5. The van der Waals surface area contributed by atoms with Gasteiger partial charge in [0.15, 0.2) is 0 Å². The van der Waals surface area contributed by atoms with Crippen molar-refractivity contribution >= 4 is 23.2 Å². The second kappa shape index (κ2) is 4.95. The van der Waals surface area contributed by atoms with E-state index in [1.807, 2.05) is 25.2 Å². The van der Waals surface area contributed by atoms with Crippen molar-refractivity contribution in [2.75, 3.05) is 7.05 Å². The van der Waals surface area contributed by atoms with Crippen molar-refractivity contribution < 1.29 is 0 Å². The Labute approximate surface area is 107 Å². The Bertz CT molecular complexity index is 374. The zero-order valence-electron chi connectivity index (χ0n) is 9.63. The molecule has 1 N–H and O–H groups in total. The molecule has 0 saturated heterocycles. The van der Waals surface area contributed by atoms with Crippen molar-refractivity contribution in [2.24, 2.45) is 11.8 Å². The molecule has 0 bridgehead atoms. The number of halogens is 2. The van der Waals surface area contributed by atoms with Crippen molar-refractivity contribution in [1.82, 2.24) is 5.32 Å². The average Bonchev–Trinajstić information content (AvgIpc) is 3.07. The Morgan fingerprint density at radius 1 is 1.31 bits per heavy atom. The fourth-order valence-corrected chi connectivity index (χ4v) is 2.76. The van der Waals surface area contributed by atoms with E-state index in [1.54, 1.807) is 0 Å². The van der Waals surface area contributed by atoms with Gasteiger partial charge in [0.2, 0.25) is 0 Å². The monoisotopic (exact) mass is 257 g/mol. The molecule has 3 heteroatoms. The molecule has 0 aromatic heterocycles. The molecular weight excluding hydrogens is 241 g/mol. The topological polar surface area (TPSA) is 12.0 Å². The summed E-state index contributed by atoms with van der Waals surface area (Å²) in [6, 6.07) is 5.99. The quantitative estimate of drug-likeness (QED) is 0.849. The van der Waals surface area contributed by atoms with Crippen LogP contribution in [-0.4, -0.2) is 7.05 Å². The highest BCUT2D eigenvalue weighted by molar-refractivity contribution is 6.33. The second-order valence-corrected chi connectivity index (χ2v) is 5.47. The van der Waals surface area contributed by atoms with Gasteiger partial charge < -0.3 is 5.32 Å². The lowest BCUT2D eigenvalue weighted by Gasteiger charge is -2.25. The first-order chi connectivity index (χ1) is 7.63. The molecule has 1 nitrogen and oxygen atoms in total. The van der Waals surface area contributed by atoms with Gasteiger partial charge in [0.25, 0.3) is 0 Å². The molecule has 1 saturated carbocycles. The summed E-state index contributed by atoms with van der Waals surface area (Å²) >= 11 is 12.3. The zero-order valence-corrected chi connectivity index (χ0v) is 11.1. The summed E-state index contributed by atoms with van der Waals surface area (Å²) in [5, 5.41) is 4.92. The molecule has 1 fully saturated rings. The van der Waals surface area contributed by atoms with E-state index in [0.717, 1.165) is 21.5 Å². The molecule has 88 valence electrons. The van der Waals surface area contributed by atoms with E-state index in [0.29, 0.717) is 12.0 Å². The number of benzene rings is 1. The predicted octanol–water partition coefficient (Wildman–Crippen LogP) is 4.30. The second-order valence-electron chi connectivity index (χ2n) is 4.63. The Morgan fingerprint density at radius 2 is 2.00 bits per heavy atom. The zero-order chi connectivity index (χ0) is 11.7. The molecule has 1 aliphatic rings. The lowest BCUT2D eigenvalue weighted by atomic mass is 9.91. The first kappa shape index (κ1) is 12.2. The van der Waals surface area contributed by atoms with E-state index in [-0.39, 0.29) is 0 Å². The first-order valence-corrected chi connectivity index (χ1v) is 6.51. The third kappa shape index (κ3) is 2.53. The van der Waals surface area contributed by atoms with Crippen molar-refractivity contribution in [3.63, 3.8) is 0 Å². The third-order valence-corrected chi connectivity index (χ3v) is 4.07. The van der Waals surface area contributed by atoms with Crippen LogP contribution in [0.3, 0.4) is 0 Å². The molecule has 0 radical (unpaired) electrons. The van der Waals surface area contributed by atoms with Crippen LogP contribution < -0.4 is 5.32 Å². The average molecular weight is 258 g/mol. The Morgan fingerprint density at radius 3 is 2.56 bits per heavy atom. The van der Waals surface area contributed by atoms with Crippen LogP contribution in [-0.2, 0) is 0 Å². The summed E-state index contributed by atoms with van der Waals surface area (Å²) in [5.41, 5.74) is 1.12. The van der Waals surface area contributed by atoms with Gasteiger partial charge in [0.1, 0.15) is 0 Å². The van der Waals surface area contributed by atoms with Crippen molar-refractivity contribution in [3.8, 4) is 0 Å². The first-order valence-electron chi connectivity index (χ1n) is 5.75. The molecule has 0 aliphatic heterocycles. The lowest BCUT2D eigenvalue weighted by molar-refractivity contribution is 0.369. The fraction of sp³-hybridized carbons (Fsp3) is 0.538. The predicted molar refractivity (Wildman–Crippen MR) is 70.2 cm³/mol. The summed E-state index contributed by atoms with van der Waals surface area (Å²) in [6.45, 7) is 2.29. The van der Waals surface area contributed by atoms with Gasteiger partial charge in [0, 0.05) is 16.1 Å².